The topological polar surface area (TPSA) is 82.6 Å². The Morgan fingerprint density at radius 1 is 1.07 bits per heavy atom. The molecule has 4 amide bonds. The lowest BCUT2D eigenvalue weighted by Gasteiger charge is -2.17. The summed E-state index contributed by atoms with van der Waals surface area (Å²) in [7, 11) is 0. The second-order valence-electron chi connectivity index (χ2n) is 7.57. The van der Waals surface area contributed by atoms with Gasteiger partial charge in [-0.05, 0) is 30.2 Å². The maximum absolute atomic E-state index is 12.7. The zero-order chi connectivity index (χ0) is 20.7. The summed E-state index contributed by atoms with van der Waals surface area (Å²) in [6.45, 7) is 1.42. The molecule has 2 saturated heterocycles. The number of nitrogens with zero attached hydrogens (tertiary/aromatic N) is 3. The smallest absolute Gasteiger partial charge is 0.321 e. The van der Waals surface area contributed by atoms with Crippen LogP contribution in [0.1, 0.15) is 30.7 Å². The minimum atomic E-state index is -0.213. The number of amides is 4. The molecule has 3 heterocycles. The molecule has 1 aromatic heterocycles. The summed E-state index contributed by atoms with van der Waals surface area (Å²) in [6, 6.07) is 15.6. The lowest BCUT2D eigenvalue weighted by molar-refractivity contribution is -0.121. The van der Waals surface area contributed by atoms with Gasteiger partial charge in [0.05, 0.1) is 10.2 Å². The van der Waals surface area contributed by atoms with Gasteiger partial charge in [0.2, 0.25) is 11.8 Å². The van der Waals surface area contributed by atoms with Crippen molar-refractivity contribution >= 4 is 50.2 Å². The van der Waals surface area contributed by atoms with Crippen molar-refractivity contribution in [1.29, 1.82) is 0 Å². The second kappa shape index (κ2) is 7.53. The molecule has 7 nitrogen and oxygen atoms in total. The van der Waals surface area contributed by atoms with Gasteiger partial charge >= 0.3 is 6.03 Å². The number of anilines is 2. The van der Waals surface area contributed by atoms with E-state index in [4.69, 9.17) is 0 Å². The van der Waals surface area contributed by atoms with Gasteiger partial charge in [-0.25, -0.2) is 14.7 Å². The number of hydrogen-bond acceptors (Lipinski definition) is 5. The van der Waals surface area contributed by atoms with Crippen LogP contribution in [0.3, 0.4) is 0 Å². The van der Waals surface area contributed by atoms with Crippen LogP contribution in [0.5, 0.6) is 0 Å². The number of carbonyl (C=O) groups is 3. The molecule has 152 valence electrons. The van der Waals surface area contributed by atoms with E-state index in [0.717, 1.165) is 22.6 Å². The number of fused-ring (bicyclic) bond motifs is 1. The zero-order valence-corrected chi connectivity index (χ0v) is 17.0. The number of imide groups is 1. The number of hydrogen-bond donors (Lipinski definition) is 1. The maximum Gasteiger partial charge on any atom is 0.321 e. The number of likely N-dealkylation sites (tertiary alicyclic amines) is 1. The fraction of sp³-hybridized carbons (Fsp3) is 0.273. The number of aromatic nitrogens is 1. The fourth-order valence-corrected chi connectivity index (χ4v) is 5.06. The summed E-state index contributed by atoms with van der Waals surface area (Å²) in [6.07, 6.45) is 1.41. The Kier molecular flexibility index (Phi) is 4.71. The third-order valence-corrected chi connectivity index (χ3v) is 6.62. The zero-order valence-electron chi connectivity index (χ0n) is 16.2. The third kappa shape index (κ3) is 3.43. The van der Waals surface area contributed by atoms with Gasteiger partial charge in [0, 0.05) is 37.5 Å². The van der Waals surface area contributed by atoms with E-state index in [-0.39, 0.29) is 30.7 Å². The fourth-order valence-electron chi connectivity index (χ4n) is 4.02. The Morgan fingerprint density at radius 2 is 1.83 bits per heavy atom. The minimum absolute atomic E-state index is 0.123. The van der Waals surface area contributed by atoms with Crippen LogP contribution in [0.15, 0.2) is 48.5 Å². The number of carbonyl (C=O) groups excluding carboxylic acids is 3. The van der Waals surface area contributed by atoms with Crippen LogP contribution >= 0.6 is 11.3 Å². The number of urea groups is 1. The molecule has 2 aromatic carbocycles. The largest absolute Gasteiger partial charge is 0.324 e. The molecule has 2 aliphatic rings. The highest BCUT2D eigenvalue weighted by Gasteiger charge is 2.32. The third-order valence-electron chi connectivity index (χ3n) is 5.62. The molecule has 0 saturated carbocycles. The van der Waals surface area contributed by atoms with E-state index in [0.29, 0.717) is 28.8 Å². The molecule has 1 atom stereocenters. The molecular formula is C22H20N4O3S. The Morgan fingerprint density at radius 3 is 2.60 bits per heavy atom. The number of benzene rings is 2. The van der Waals surface area contributed by atoms with Crippen LogP contribution in [-0.2, 0) is 9.59 Å². The summed E-state index contributed by atoms with van der Waals surface area (Å²) in [4.78, 5) is 44.1. The van der Waals surface area contributed by atoms with Crippen molar-refractivity contribution in [2.24, 2.45) is 0 Å². The molecule has 0 unspecified atom stereocenters. The summed E-state index contributed by atoms with van der Waals surface area (Å²) in [5.41, 5.74) is 2.63. The molecule has 8 heteroatoms. The highest BCUT2D eigenvalue weighted by atomic mass is 32.1. The van der Waals surface area contributed by atoms with Gasteiger partial charge in [-0.1, -0.05) is 41.7 Å². The van der Waals surface area contributed by atoms with Gasteiger partial charge in [0.1, 0.15) is 0 Å². The Bertz CT molecular complexity index is 1130. The Labute approximate surface area is 177 Å². The molecule has 2 aliphatic heterocycles. The second-order valence-corrected chi connectivity index (χ2v) is 8.58. The molecule has 0 aliphatic carbocycles. The highest BCUT2D eigenvalue weighted by Crippen LogP contribution is 2.33. The molecule has 5 rings (SSSR count). The predicted molar refractivity (Wildman–Crippen MR) is 116 cm³/mol. The normalized spacial score (nSPS) is 19.1. The van der Waals surface area contributed by atoms with E-state index >= 15 is 0 Å². The van der Waals surface area contributed by atoms with Crippen molar-refractivity contribution in [2.75, 3.05) is 23.3 Å². The predicted octanol–water partition coefficient (Wildman–Crippen LogP) is 3.97. The van der Waals surface area contributed by atoms with Gasteiger partial charge in [-0.2, -0.15) is 0 Å². The molecule has 0 spiro atoms. The van der Waals surface area contributed by atoms with E-state index in [1.54, 1.807) is 12.1 Å². The maximum atomic E-state index is 12.7. The molecule has 1 N–H and O–H groups in total. The molecular weight excluding hydrogens is 400 g/mol. The first-order valence-electron chi connectivity index (χ1n) is 9.96. The standard InChI is InChI=1S/C22H20N4O3S/c27-19-8-9-20(28)26(19)22-24-17-7-6-16(12-18(17)30-22)23-21(29)25-11-10-15(13-25)14-4-2-1-3-5-14/h1-7,12,15H,8-11,13H2,(H,23,29)/t15-/m0/s1. The lowest BCUT2D eigenvalue weighted by atomic mass is 9.99. The van der Waals surface area contributed by atoms with Gasteiger partial charge in [-0.15, -0.1) is 0 Å². The quantitative estimate of drug-likeness (QED) is 0.650. The van der Waals surface area contributed by atoms with Crippen molar-refractivity contribution in [1.82, 2.24) is 9.88 Å². The average molecular weight is 420 g/mol. The summed E-state index contributed by atoms with van der Waals surface area (Å²) < 4.78 is 0.818. The number of nitrogens with one attached hydrogen (secondary N) is 1. The van der Waals surface area contributed by atoms with E-state index in [2.05, 4.69) is 22.4 Å². The van der Waals surface area contributed by atoms with Crippen molar-refractivity contribution in [3.8, 4) is 0 Å². The van der Waals surface area contributed by atoms with Crippen LogP contribution in [0.25, 0.3) is 10.2 Å². The molecule has 0 radical (unpaired) electrons. The van der Waals surface area contributed by atoms with Gasteiger partial charge < -0.3 is 10.2 Å². The molecule has 30 heavy (non-hydrogen) atoms. The Hall–Kier alpha value is -3.26. The average Bonchev–Trinajstić information content (AvgIpc) is 3.47. The van der Waals surface area contributed by atoms with E-state index in [1.165, 1.54) is 16.9 Å². The van der Waals surface area contributed by atoms with Crippen LogP contribution in [0.4, 0.5) is 15.6 Å². The Balaban J connectivity index is 1.29. The van der Waals surface area contributed by atoms with Gasteiger partial charge in [0.15, 0.2) is 5.13 Å². The minimum Gasteiger partial charge on any atom is -0.324 e. The molecule has 3 aromatic rings. The van der Waals surface area contributed by atoms with Crippen LogP contribution in [-0.4, -0.2) is 40.8 Å². The molecule has 2 fully saturated rings. The van der Waals surface area contributed by atoms with Gasteiger partial charge in [0.25, 0.3) is 0 Å². The van der Waals surface area contributed by atoms with Gasteiger partial charge in [-0.3, -0.25) is 9.59 Å². The van der Waals surface area contributed by atoms with Crippen molar-refractivity contribution in [3.63, 3.8) is 0 Å². The SMILES string of the molecule is O=C(Nc1ccc2nc(N3C(=O)CCC3=O)sc2c1)N1CC[C@H](c2ccccc2)C1. The first kappa shape index (κ1) is 18.7. The van der Waals surface area contributed by atoms with E-state index < -0.39 is 0 Å². The highest BCUT2D eigenvalue weighted by molar-refractivity contribution is 7.22. The number of rotatable bonds is 3. The van der Waals surface area contributed by atoms with Crippen LogP contribution in [0, 0.1) is 0 Å². The van der Waals surface area contributed by atoms with Crippen LogP contribution in [0.2, 0.25) is 0 Å². The monoisotopic (exact) mass is 420 g/mol. The van der Waals surface area contributed by atoms with E-state index in [1.807, 2.05) is 29.2 Å². The van der Waals surface area contributed by atoms with Crippen molar-refractivity contribution in [2.45, 2.75) is 25.2 Å². The summed E-state index contributed by atoms with van der Waals surface area (Å²) in [5, 5.41) is 3.36. The van der Waals surface area contributed by atoms with Crippen molar-refractivity contribution in [3.05, 3.63) is 54.1 Å². The molecule has 0 bridgehead atoms. The van der Waals surface area contributed by atoms with E-state index in [9.17, 15) is 14.4 Å². The number of thiazole rings is 1. The summed E-state index contributed by atoms with van der Waals surface area (Å²) in [5.74, 6) is -0.0665. The van der Waals surface area contributed by atoms with Crippen molar-refractivity contribution < 1.29 is 14.4 Å². The van der Waals surface area contributed by atoms with Crippen LogP contribution < -0.4 is 10.2 Å². The first-order valence-corrected chi connectivity index (χ1v) is 10.8. The summed E-state index contributed by atoms with van der Waals surface area (Å²) >= 11 is 1.28. The first-order chi connectivity index (χ1) is 14.6. The lowest BCUT2D eigenvalue weighted by Crippen LogP contribution is -2.32.